The first kappa shape index (κ1) is 15.5. The number of hydrogen-bond acceptors (Lipinski definition) is 4. The van der Waals surface area contributed by atoms with E-state index in [0.29, 0.717) is 11.4 Å². The molecular formula is C14H19N3O3S. The van der Waals surface area contributed by atoms with Crippen molar-refractivity contribution in [2.45, 2.75) is 38.2 Å². The molecule has 0 atom stereocenters. The predicted molar refractivity (Wildman–Crippen MR) is 80.5 cm³/mol. The summed E-state index contributed by atoms with van der Waals surface area (Å²) in [5.41, 5.74) is 2.16. The summed E-state index contributed by atoms with van der Waals surface area (Å²) in [5, 5.41) is 15.5. The number of nitrogens with zero attached hydrogens (tertiary/aromatic N) is 1. The number of sulfonamides is 1. The summed E-state index contributed by atoms with van der Waals surface area (Å²) in [6, 6.07) is 7.26. The summed E-state index contributed by atoms with van der Waals surface area (Å²) in [7, 11) is -3.77. The summed E-state index contributed by atoms with van der Waals surface area (Å²) in [5.74, 6) is 0. The topological polar surface area (TPSA) is 95.1 Å². The van der Waals surface area contributed by atoms with Gasteiger partial charge in [-0.25, -0.2) is 8.42 Å². The molecule has 2 aromatic rings. The number of aromatic amines is 1. The zero-order valence-electron chi connectivity index (χ0n) is 12.0. The molecule has 0 amide bonds. The molecular weight excluding hydrogens is 290 g/mol. The van der Waals surface area contributed by atoms with Crippen molar-refractivity contribution >= 4 is 15.7 Å². The van der Waals surface area contributed by atoms with Crippen LogP contribution >= 0.6 is 0 Å². The molecule has 1 heterocycles. The van der Waals surface area contributed by atoms with Crippen LogP contribution in [0.2, 0.25) is 0 Å². The van der Waals surface area contributed by atoms with E-state index in [1.165, 1.54) is 0 Å². The number of hydrogen-bond donors (Lipinski definition) is 3. The molecule has 1 aromatic carbocycles. The van der Waals surface area contributed by atoms with Crippen LogP contribution in [0.15, 0.2) is 29.2 Å². The van der Waals surface area contributed by atoms with Crippen molar-refractivity contribution in [3.8, 4) is 0 Å². The molecule has 0 saturated carbocycles. The van der Waals surface area contributed by atoms with Crippen LogP contribution in [0.5, 0.6) is 0 Å². The first-order chi connectivity index (χ1) is 9.97. The number of aliphatic hydroxyl groups excluding tert-OH is 1. The van der Waals surface area contributed by atoms with Gasteiger partial charge in [-0.15, -0.1) is 0 Å². The highest BCUT2D eigenvalue weighted by Gasteiger charge is 2.23. The second-order valence-corrected chi connectivity index (χ2v) is 6.45. The molecule has 0 aliphatic heterocycles. The van der Waals surface area contributed by atoms with Gasteiger partial charge >= 0.3 is 0 Å². The molecule has 6 nitrogen and oxygen atoms in total. The van der Waals surface area contributed by atoms with Crippen molar-refractivity contribution in [2.75, 3.05) is 4.72 Å². The fourth-order valence-corrected chi connectivity index (χ4v) is 3.59. The van der Waals surface area contributed by atoms with Crippen LogP contribution in [0.25, 0.3) is 0 Å². The third-order valence-electron chi connectivity index (χ3n) is 3.12. The third-order valence-corrected chi connectivity index (χ3v) is 4.71. The number of benzene rings is 1. The van der Waals surface area contributed by atoms with Crippen molar-refractivity contribution < 1.29 is 13.5 Å². The third kappa shape index (κ3) is 3.43. The average Bonchev–Trinajstić information content (AvgIpc) is 2.83. The number of rotatable bonds is 6. The van der Waals surface area contributed by atoms with Gasteiger partial charge in [0.25, 0.3) is 10.0 Å². The number of nitrogens with one attached hydrogen (secondary N) is 2. The summed E-state index contributed by atoms with van der Waals surface area (Å²) in [4.78, 5) is 0.00244. The van der Waals surface area contributed by atoms with Crippen molar-refractivity contribution in [3.05, 3.63) is 41.2 Å². The first-order valence-corrected chi connectivity index (χ1v) is 8.22. The number of aromatic nitrogens is 2. The van der Waals surface area contributed by atoms with Crippen LogP contribution in [-0.4, -0.2) is 23.7 Å². The van der Waals surface area contributed by atoms with Gasteiger partial charge in [0.1, 0.15) is 10.6 Å². The molecule has 7 heteroatoms. The SMILES string of the molecule is CCCc1ccc(NS(=O)(=O)c2c(CO)n[nH]c2C)cc1. The molecule has 114 valence electrons. The van der Waals surface area contributed by atoms with Gasteiger partial charge < -0.3 is 5.11 Å². The lowest BCUT2D eigenvalue weighted by Gasteiger charge is -2.09. The quantitative estimate of drug-likeness (QED) is 0.760. The molecule has 0 radical (unpaired) electrons. The van der Waals surface area contributed by atoms with E-state index < -0.39 is 16.6 Å². The molecule has 0 fully saturated rings. The Hall–Kier alpha value is -1.86. The highest BCUT2D eigenvalue weighted by atomic mass is 32.2. The van der Waals surface area contributed by atoms with Gasteiger partial charge in [-0.2, -0.15) is 5.10 Å². The van der Waals surface area contributed by atoms with Gasteiger partial charge in [-0.05, 0) is 31.0 Å². The Bertz CT molecular complexity index is 706. The van der Waals surface area contributed by atoms with E-state index in [2.05, 4.69) is 21.8 Å². The number of aryl methyl sites for hydroxylation is 2. The van der Waals surface area contributed by atoms with Gasteiger partial charge in [0.05, 0.1) is 12.3 Å². The Morgan fingerprint density at radius 3 is 2.52 bits per heavy atom. The first-order valence-electron chi connectivity index (χ1n) is 6.74. The van der Waals surface area contributed by atoms with Crippen molar-refractivity contribution in [1.29, 1.82) is 0 Å². The second kappa shape index (κ2) is 6.28. The highest BCUT2D eigenvalue weighted by molar-refractivity contribution is 7.92. The van der Waals surface area contributed by atoms with Crippen LogP contribution in [0.1, 0.15) is 30.3 Å². The van der Waals surface area contributed by atoms with Crippen LogP contribution < -0.4 is 4.72 Å². The summed E-state index contributed by atoms with van der Waals surface area (Å²) in [6.45, 7) is 3.26. The summed E-state index contributed by atoms with van der Waals surface area (Å²) >= 11 is 0. The Morgan fingerprint density at radius 2 is 1.95 bits per heavy atom. The number of H-pyrrole nitrogens is 1. The highest BCUT2D eigenvalue weighted by Crippen LogP contribution is 2.21. The molecule has 2 rings (SSSR count). The minimum absolute atomic E-state index is 0.00244. The second-order valence-electron chi connectivity index (χ2n) is 4.83. The average molecular weight is 309 g/mol. The Labute approximate surface area is 124 Å². The van der Waals surface area contributed by atoms with Gasteiger partial charge in [0.15, 0.2) is 0 Å². The van der Waals surface area contributed by atoms with E-state index in [9.17, 15) is 13.5 Å². The standard InChI is InChI=1S/C14H19N3O3S/c1-3-4-11-5-7-12(8-6-11)17-21(19,20)14-10(2)15-16-13(14)9-18/h5-8,17-18H,3-4,9H2,1-2H3,(H,15,16). The Balaban J connectivity index is 2.26. The van der Waals surface area contributed by atoms with E-state index in [4.69, 9.17) is 0 Å². The van der Waals surface area contributed by atoms with Crippen molar-refractivity contribution in [1.82, 2.24) is 10.2 Å². The Kier molecular flexibility index (Phi) is 4.64. The van der Waals surface area contributed by atoms with E-state index >= 15 is 0 Å². The number of aliphatic hydroxyl groups is 1. The van der Waals surface area contributed by atoms with Crippen LogP contribution in [0, 0.1) is 6.92 Å². The smallest absolute Gasteiger partial charge is 0.265 e. The zero-order valence-corrected chi connectivity index (χ0v) is 12.9. The lowest BCUT2D eigenvalue weighted by atomic mass is 10.1. The number of anilines is 1. The fraction of sp³-hybridized carbons (Fsp3) is 0.357. The van der Waals surface area contributed by atoms with Crippen LogP contribution in [-0.2, 0) is 23.1 Å². The minimum Gasteiger partial charge on any atom is -0.390 e. The molecule has 0 saturated heterocycles. The Morgan fingerprint density at radius 1 is 1.29 bits per heavy atom. The van der Waals surface area contributed by atoms with E-state index in [1.807, 2.05) is 12.1 Å². The lowest BCUT2D eigenvalue weighted by Crippen LogP contribution is -2.15. The minimum atomic E-state index is -3.77. The lowest BCUT2D eigenvalue weighted by molar-refractivity contribution is 0.273. The fourth-order valence-electron chi connectivity index (χ4n) is 2.17. The van der Waals surface area contributed by atoms with E-state index in [1.54, 1.807) is 19.1 Å². The van der Waals surface area contributed by atoms with E-state index in [-0.39, 0.29) is 10.6 Å². The van der Waals surface area contributed by atoms with Crippen molar-refractivity contribution in [2.24, 2.45) is 0 Å². The molecule has 3 N–H and O–H groups in total. The normalized spacial score (nSPS) is 11.6. The summed E-state index contributed by atoms with van der Waals surface area (Å²) < 4.78 is 27.3. The largest absolute Gasteiger partial charge is 0.390 e. The molecule has 0 spiro atoms. The molecule has 0 aliphatic carbocycles. The van der Waals surface area contributed by atoms with E-state index in [0.717, 1.165) is 18.4 Å². The molecule has 0 unspecified atom stereocenters. The van der Waals surface area contributed by atoms with Gasteiger partial charge in [0, 0.05) is 5.69 Å². The van der Waals surface area contributed by atoms with Gasteiger partial charge in [0.2, 0.25) is 0 Å². The maximum atomic E-state index is 12.4. The van der Waals surface area contributed by atoms with Crippen LogP contribution in [0.4, 0.5) is 5.69 Å². The van der Waals surface area contributed by atoms with Crippen LogP contribution in [0.3, 0.4) is 0 Å². The van der Waals surface area contributed by atoms with Gasteiger partial charge in [-0.1, -0.05) is 25.5 Å². The van der Waals surface area contributed by atoms with Crippen molar-refractivity contribution in [3.63, 3.8) is 0 Å². The molecule has 21 heavy (non-hydrogen) atoms. The maximum absolute atomic E-state index is 12.4. The predicted octanol–water partition coefficient (Wildman–Crippen LogP) is 1.96. The molecule has 1 aromatic heterocycles. The van der Waals surface area contributed by atoms with Gasteiger partial charge in [-0.3, -0.25) is 9.82 Å². The summed E-state index contributed by atoms with van der Waals surface area (Å²) in [6.07, 6.45) is 2.00. The monoisotopic (exact) mass is 309 g/mol. The maximum Gasteiger partial charge on any atom is 0.265 e. The molecule has 0 aliphatic rings. The zero-order chi connectivity index (χ0) is 15.5. The molecule has 0 bridgehead atoms.